The van der Waals surface area contributed by atoms with Gasteiger partial charge >= 0.3 is 0 Å². The van der Waals surface area contributed by atoms with Crippen LogP contribution in [-0.2, 0) is 0 Å². The van der Waals surface area contributed by atoms with E-state index in [1.807, 2.05) is 24.3 Å². The highest BCUT2D eigenvalue weighted by molar-refractivity contribution is 5.28. The van der Waals surface area contributed by atoms with Gasteiger partial charge in [0, 0.05) is 12.6 Å². The van der Waals surface area contributed by atoms with Gasteiger partial charge in [0.2, 0.25) is 0 Å². The van der Waals surface area contributed by atoms with Crippen LogP contribution in [0.3, 0.4) is 0 Å². The van der Waals surface area contributed by atoms with Crippen molar-refractivity contribution in [3.8, 4) is 5.75 Å². The Morgan fingerprint density at radius 1 is 1.27 bits per heavy atom. The maximum Gasteiger partial charge on any atom is 0.118 e. The second-order valence-corrected chi connectivity index (χ2v) is 3.75. The van der Waals surface area contributed by atoms with E-state index in [0.29, 0.717) is 6.54 Å². The zero-order valence-electron chi connectivity index (χ0n) is 9.53. The van der Waals surface area contributed by atoms with Gasteiger partial charge in [-0.1, -0.05) is 12.1 Å². The molecule has 1 aromatic rings. The van der Waals surface area contributed by atoms with E-state index in [1.165, 1.54) is 5.56 Å². The molecule has 0 saturated carbocycles. The van der Waals surface area contributed by atoms with Crippen molar-refractivity contribution in [2.45, 2.75) is 26.0 Å². The van der Waals surface area contributed by atoms with Gasteiger partial charge < -0.3 is 15.2 Å². The minimum absolute atomic E-state index is 0.241. The summed E-state index contributed by atoms with van der Waals surface area (Å²) >= 11 is 0. The fourth-order valence-corrected chi connectivity index (χ4v) is 1.36. The lowest BCUT2D eigenvalue weighted by molar-refractivity contribution is 0.187. The Bertz CT molecular complexity index is 282. The normalized spacial score (nSPS) is 14.7. The highest BCUT2D eigenvalue weighted by atomic mass is 16.5. The van der Waals surface area contributed by atoms with Gasteiger partial charge in [-0.3, -0.25) is 0 Å². The van der Waals surface area contributed by atoms with Gasteiger partial charge in [-0.05, 0) is 31.5 Å². The molecule has 0 spiro atoms. The molecule has 2 N–H and O–H groups in total. The van der Waals surface area contributed by atoms with E-state index >= 15 is 0 Å². The number of aliphatic hydroxyl groups excluding tert-OH is 1. The van der Waals surface area contributed by atoms with Crippen molar-refractivity contribution in [3.05, 3.63) is 29.8 Å². The van der Waals surface area contributed by atoms with Crippen LogP contribution >= 0.6 is 0 Å². The van der Waals surface area contributed by atoms with Crippen molar-refractivity contribution >= 4 is 0 Å². The average molecular weight is 209 g/mol. The van der Waals surface area contributed by atoms with Crippen molar-refractivity contribution in [3.63, 3.8) is 0 Å². The Morgan fingerprint density at radius 3 is 2.33 bits per heavy atom. The summed E-state index contributed by atoms with van der Waals surface area (Å²) in [6, 6.07) is 8.17. The standard InChI is InChI=1S/C12H19NO2/c1-9(14)8-13-10(2)11-4-6-12(15-3)7-5-11/h4-7,9-10,13-14H,8H2,1-3H3/t9?,10-/m0/s1. The Hall–Kier alpha value is -1.06. The van der Waals surface area contributed by atoms with E-state index in [2.05, 4.69) is 12.2 Å². The highest BCUT2D eigenvalue weighted by Gasteiger charge is 2.05. The monoisotopic (exact) mass is 209 g/mol. The van der Waals surface area contributed by atoms with Crippen LogP contribution in [0.1, 0.15) is 25.5 Å². The summed E-state index contributed by atoms with van der Waals surface area (Å²) in [5.74, 6) is 0.862. The number of rotatable bonds is 5. The van der Waals surface area contributed by atoms with Crippen molar-refractivity contribution in [2.75, 3.05) is 13.7 Å². The molecule has 0 bridgehead atoms. The quantitative estimate of drug-likeness (QED) is 0.776. The molecule has 0 aliphatic heterocycles. The minimum atomic E-state index is -0.314. The molecule has 1 unspecified atom stereocenters. The third-order valence-electron chi connectivity index (χ3n) is 2.34. The summed E-state index contributed by atoms with van der Waals surface area (Å²) in [6.45, 7) is 4.45. The Morgan fingerprint density at radius 2 is 1.87 bits per heavy atom. The molecule has 0 aromatic heterocycles. The third-order valence-corrected chi connectivity index (χ3v) is 2.34. The summed E-state index contributed by atoms with van der Waals surface area (Å²) in [5.41, 5.74) is 1.19. The largest absolute Gasteiger partial charge is 0.497 e. The molecular weight excluding hydrogens is 190 g/mol. The average Bonchev–Trinajstić information content (AvgIpc) is 2.26. The summed E-state index contributed by atoms with van der Waals surface area (Å²) in [7, 11) is 1.66. The number of nitrogens with one attached hydrogen (secondary N) is 1. The van der Waals surface area contributed by atoms with Crippen molar-refractivity contribution in [2.24, 2.45) is 0 Å². The van der Waals surface area contributed by atoms with Crippen LogP contribution in [0.15, 0.2) is 24.3 Å². The molecule has 1 rings (SSSR count). The van der Waals surface area contributed by atoms with Gasteiger partial charge in [-0.25, -0.2) is 0 Å². The molecule has 84 valence electrons. The van der Waals surface area contributed by atoms with E-state index in [-0.39, 0.29) is 12.1 Å². The number of hydrogen-bond donors (Lipinski definition) is 2. The molecule has 0 fully saturated rings. The first-order chi connectivity index (χ1) is 7.13. The van der Waals surface area contributed by atoms with Crippen LogP contribution in [-0.4, -0.2) is 24.9 Å². The first-order valence-electron chi connectivity index (χ1n) is 5.19. The van der Waals surface area contributed by atoms with E-state index in [1.54, 1.807) is 14.0 Å². The van der Waals surface area contributed by atoms with E-state index in [0.717, 1.165) is 5.75 Å². The molecule has 3 heteroatoms. The van der Waals surface area contributed by atoms with Gasteiger partial charge in [0.1, 0.15) is 5.75 Å². The Balaban J connectivity index is 2.54. The molecule has 0 heterocycles. The number of benzene rings is 1. The summed E-state index contributed by atoms with van der Waals surface area (Å²) in [4.78, 5) is 0. The van der Waals surface area contributed by atoms with Gasteiger partial charge in [0.05, 0.1) is 13.2 Å². The third kappa shape index (κ3) is 3.90. The van der Waals surface area contributed by atoms with Crippen LogP contribution < -0.4 is 10.1 Å². The smallest absolute Gasteiger partial charge is 0.118 e. The molecule has 0 amide bonds. The van der Waals surface area contributed by atoms with Crippen LogP contribution in [0.4, 0.5) is 0 Å². The predicted molar refractivity (Wildman–Crippen MR) is 61.1 cm³/mol. The predicted octanol–water partition coefficient (Wildman–Crippen LogP) is 1.73. The second kappa shape index (κ2) is 5.73. The second-order valence-electron chi connectivity index (χ2n) is 3.75. The molecular formula is C12H19NO2. The lowest BCUT2D eigenvalue weighted by Crippen LogP contribution is -2.27. The number of hydrogen-bond acceptors (Lipinski definition) is 3. The Labute approximate surface area is 91.1 Å². The lowest BCUT2D eigenvalue weighted by atomic mass is 10.1. The fourth-order valence-electron chi connectivity index (χ4n) is 1.36. The maximum absolute atomic E-state index is 9.15. The fraction of sp³-hybridized carbons (Fsp3) is 0.500. The van der Waals surface area contributed by atoms with E-state index < -0.39 is 0 Å². The van der Waals surface area contributed by atoms with Gasteiger partial charge in [-0.15, -0.1) is 0 Å². The van der Waals surface area contributed by atoms with Crippen molar-refractivity contribution in [1.82, 2.24) is 5.32 Å². The summed E-state index contributed by atoms with van der Waals surface area (Å²) < 4.78 is 5.09. The molecule has 0 aliphatic carbocycles. The number of ether oxygens (including phenoxy) is 1. The Kier molecular flexibility index (Phi) is 4.59. The van der Waals surface area contributed by atoms with Crippen LogP contribution in [0.2, 0.25) is 0 Å². The number of methoxy groups -OCH3 is 1. The van der Waals surface area contributed by atoms with Gasteiger partial charge in [0.15, 0.2) is 0 Å². The molecule has 2 atom stereocenters. The SMILES string of the molecule is COc1ccc([C@H](C)NCC(C)O)cc1. The topological polar surface area (TPSA) is 41.5 Å². The highest BCUT2D eigenvalue weighted by Crippen LogP contribution is 2.16. The maximum atomic E-state index is 9.15. The van der Waals surface area contributed by atoms with Gasteiger partial charge in [-0.2, -0.15) is 0 Å². The zero-order chi connectivity index (χ0) is 11.3. The van der Waals surface area contributed by atoms with Crippen molar-refractivity contribution in [1.29, 1.82) is 0 Å². The van der Waals surface area contributed by atoms with E-state index in [4.69, 9.17) is 9.84 Å². The molecule has 0 saturated heterocycles. The first-order valence-corrected chi connectivity index (χ1v) is 5.19. The first kappa shape index (κ1) is 12.0. The summed E-state index contributed by atoms with van der Waals surface area (Å²) in [6.07, 6.45) is -0.314. The lowest BCUT2D eigenvalue weighted by Gasteiger charge is -2.15. The van der Waals surface area contributed by atoms with Crippen molar-refractivity contribution < 1.29 is 9.84 Å². The zero-order valence-corrected chi connectivity index (χ0v) is 9.53. The molecule has 1 aromatic carbocycles. The minimum Gasteiger partial charge on any atom is -0.497 e. The molecule has 0 aliphatic rings. The summed E-state index contributed by atoms with van der Waals surface area (Å²) in [5, 5.41) is 12.4. The van der Waals surface area contributed by atoms with Crippen LogP contribution in [0.5, 0.6) is 5.75 Å². The van der Waals surface area contributed by atoms with E-state index in [9.17, 15) is 0 Å². The van der Waals surface area contributed by atoms with Crippen LogP contribution in [0.25, 0.3) is 0 Å². The van der Waals surface area contributed by atoms with Crippen LogP contribution in [0, 0.1) is 0 Å². The number of aliphatic hydroxyl groups is 1. The molecule has 3 nitrogen and oxygen atoms in total. The molecule has 15 heavy (non-hydrogen) atoms. The molecule has 0 radical (unpaired) electrons. The van der Waals surface area contributed by atoms with Gasteiger partial charge in [0.25, 0.3) is 0 Å².